The van der Waals surface area contributed by atoms with Gasteiger partial charge in [-0.05, 0) is 43.7 Å². The third-order valence-corrected chi connectivity index (χ3v) is 6.28. The van der Waals surface area contributed by atoms with E-state index in [-0.39, 0.29) is 5.75 Å². The van der Waals surface area contributed by atoms with Crippen LogP contribution in [-0.2, 0) is 19.1 Å². The number of amides is 4. The average Bonchev–Trinajstić information content (AvgIpc) is 3.27. The molecule has 11 heteroatoms. The van der Waals surface area contributed by atoms with Crippen LogP contribution < -0.4 is 10.7 Å². The van der Waals surface area contributed by atoms with Gasteiger partial charge in [-0.15, -0.1) is 0 Å². The van der Waals surface area contributed by atoms with Gasteiger partial charge in [0.1, 0.15) is 16.8 Å². The van der Waals surface area contributed by atoms with E-state index in [0.29, 0.717) is 40.1 Å². The van der Waals surface area contributed by atoms with Crippen molar-refractivity contribution in [2.24, 2.45) is 5.92 Å². The standard InChI is InChI=1S/C20H22N4O6S/c1-12-6-8-20(9-7-12)17(27)24(18(28)22-20)23-15(25)10-29-16(26)11-31-19-21-13-4-2-3-5-14(13)30-19/h2-5,12H,6-11H2,1H3,(H,22,28)(H,23,25). The van der Waals surface area contributed by atoms with Gasteiger partial charge >= 0.3 is 12.0 Å². The number of nitrogens with one attached hydrogen (secondary N) is 2. The summed E-state index contributed by atoms with van der Waals surface area (Å²) in [4.78, 5) is 53.2. The molecule has 1 aliphatic carbocycles. The minimum Gasteiger partial charge on any atom is -0.455 e. The first-order valence-corrected chi connectivity index (χ1v) is 10.9. The zero-order valence-corrected chi connectivity index (χ0v) is 17.7. The van der Waals surface area contributed by atoms with Crippen LogP contribution in [0.2, 0.25) is 0 Å². The molecule has 1 aromatic carbocycles. The highest BCUT2D eigenvalue weighted by atomic mass is 32.2. The number of carbonyl (C=O) groups excluding carboxylic acids is 4. The summed E-state index contributed by atoms with van der Waals surface area (Å²) in [5.41, 5.74) is 2.56. The largest absolute Gasteiger partial charge is 0.455 e. The second-order valence-corrected chi connectivity index (χ2v) is 8.69. The van der Waals surface area contributed by atoms with Gasteiger partial charge in [0, 0.05) is 0 Å². The Balaban J connectivity index is 1.23. The number of para-hydroxylation sites is 2. The van der Waals surface area contributed by atoms with Crippen molar-refractivity contribution in [3.05, 3.63) is 24.3 Å². The van der Waals surface area contributed by atoms with Crippen LogP contribution in [0.3, 0.4) is 0 Å². The monoisotopic (exact) mass is 446 g/mol. The fourth-order valence-corrected chi connectivity index (χ4v) is 4.33. The van der Waals surface area contributed by atoms with Crippen molar-refractivity contribution in [1.29, 1.82) is 0 Å². The highest BCUT2D eigenvalue weighted by molar-refractivity contribution is 7.99. The lowest BCUT2D eigenvalue weighted by molar-refractivity contribution is -0.148. The molecule has 1 aliphatic heterocycles. The number of oxazole rings is 1. The zero-order chi connectivity index (χ0) is 22.0. The minimum atomic E-state index is -0.955. The molecule has 2 N–H and O–H groups in total. The molecule has 4 rings (SSSR count). The molecular formula is C20H22N4O6S. The summed E-state index contributed by atoms with van der Waals surface area (Å²) >= 11 is 1.04. The molecule has 2 fully saturated rings. The predicted octanol–water partition coefficient (Wildman–Crippen LogP) is 1.99. The maximum atomic E-state index is 12.7. The van der Waals surface area contributed by atoms with Gasteiger partial charge in [-0.25, -0.2) is 9.78 Å². The lowest BCUT2D eigenvalue weighted by Gasteiger charge is -2.33. The maximum Gasteiger partial charge on any atom is 0.344 e. The summed E-state index contributed by atoms with van der Waals surface area (Å²) in [6, 6.07) is 6.53. The van der Waals surface area contributed by atoms with Gasteiger partial charge in [0.05, 0.1) is 0 Å². The molecule has 0 atom stereocenters. The second kappa shape index (κ2) is 8.58. The Morgan fingerprint density at radius 2 is 2.06 bits per heavy atom. The number of hydrazine groups is 1. The molecular weight excluding hydrogens is 424 g/mol. The predicted molar refractivity (Wildman–Crippen MR) is 110 cm³/mol. The first-order valence-electron chi connectivity index (χ1n) is 9.96. The summed E-state index contributed by atoms with van der Waals surface area (Å²) in [5.74, 6) is -1.52. The number of ether oxygens (including phenoxy) is 1. The number of rotatable bonds is 6. The van der Waals surface area contributed by atoms with Crippen LogP contribution in [0.25, 0.3) is 11.1 Å². The highest BCUT2D eigenvalue weighted by Crippen LogP contribution is 2.35. The number of benzene rings is 1. The Hall–Kier alpha value is -3.08. The summed E-state index contributed by atoms with van der Waals surface area (Å²) in [5, 5.41) is 3.70. The molecule has 2 aliphatic rings. The number of aromatic nitrogens is 1. The van der Waals surface area contributed by atoms with Gasteiger partial charge in [0.15, 0.2) is 12.2 Å². The fourth-order valence-electron chi connectivity index (χ4n) is 3.69. The Labute approximate surface area is 182 Å². The normalized spacial score (nSPS) is 23.3. The molecule has 2 aromatic rings. The van der Waals surface area contributed by atoms with E-state index in [1.54, 1.807) is 12.1 Å². The number of fused-ring (bicyclic) bond motifs is 1. The number of nitrogens with zero attached hydrogens (tertiary/aromatic N) is 2. The first-order chi connectivity index (χ1) is 14.9. The van der Waals surface area contributed by atoms with Gasteiger partial charge in [0.25, 0.3) is 17.0 Å². The molecule has 0 bridgehead atoms. The van der Waals surface area contributed by atoms with Crippen molar-refractivity contribution in [2.45, 2.75) is 43.4 Å². The third-order valence-electron chi connectivity index (χ3n) is 5.48. The van der Waals surface area contributed by atoms with Gasteiger partial charge in [0.2, 0.25) is 0 Å². The van der Waals surface area contributed by atoms with Crippen molar-refractivity contribution in [2.75, 3.05) is 12.4 Å². The minimum absolute atomic E-state index is 0.107. The van der Waals surface area contributed by atoms with Crippen LogP contribution in [0, 0.1) is 5.92 Å². The Kier molecular flexibility index (Phi) is 5.86. The number of urea groups is 1. The number of esters is 1. The molecule has 1 aromatic heterocycles. The highest BCUT2D eigenvalue weighted by Gasteiger charge is 2.52. The van der Waals surface area contributed by atoms with E-state index >= 15 is 0 Å². The average molecular weight is 446 g/mol. The van der Waals surface area contributed by atoms with Crippen molar-refractivity contribution in [3.8, 4) is 0 Å². The zero-order valence-electron chi connectivity index (χ0n) is 16.9. The van der Waals surface area contributed by atoms with Crippen LogP contribution in [0.5, 0.6) is 0 Å². The van der Waals surface area contributed by atoms with Crippen LogP contribution in [0.15, 0.2) is 33.9 Å². The number of carbonyl (C=O) groups is 4. The quantitative estimate of drug-likeness (QED) is 0.391. The van der Waals surface area contributed by atoms with Crippen LogP contribution in [-0.4, -0.2) is 51.7 Å². The first kappa shape index (κ1) is 21.2. The number of thioether (sulfide) groups is 1. The Morgan fingerprint density at radius 1 is 1.32 bits per heavy atom. The van der Waals surface area contributed by atoms with Crippen molar-refractivity contribution in [3.63, 3.8) is 0 Å². The molecule has 10 nitrogen and oxygen atoms in total. The van der Waals surface area contributed by atoms with Gasteiger partial charge in [-0.2, -0.15) is 5.01 Å². The SMILES string of the molecule is CC1CCC2(CC1)NC(=O)N(NC(=O)COC(=O)CSc1nc3ccccc3o1)C2=O. The van der Waals surface area contributed by atoms with Crippen LogP contribution >= 0.6 is 11.8 Å². The molecule has 1 saturated heterocycles. The number of hydrogen-bond acceptors (Lipinski definition) is 8. The van der Waals surface area contributed by atoms with Crippen LogP contribution in [0.4, 0.5) is 4.79 Å². The summed E-state index contributed by atoms with van der Waals surface area (Å²) in [6.07, 6.45) is 2.71. The summed E-state index contributed by atoms with van der Waals surface area (Å²) in [7, 11) is 0. The van der Waals surface area contributed by atoms with Crippen molar-refractivity contribution >= 4 is 46.7 Å². The number of imide groups is 1. The lowest BCUT2D eigenvalue weighted by Crippen LogP contribution is -2.52. The lowest BCUT2D eigenvalue weighted by atomic mass is 9.77. The van der Waals surface area contributed by atoms with E-state index in [1.807, 2.05) is 12.1 Å². The molecule has 164 valence electrons. The van der Waals surface area contributed by atoms with Gasteiger partial charge < -0.3 is 14.5 Å². The molecule has 0 unspecified atom stereocenters. The van der Waals surface area contributed by atoms with E-state index in [0.717, 1.165) is 24.6 Å². The summed E-state index contributed by atoms with van der Waals surface area (Å²) < 4.78 is 10.4. The molecule has 1 saturated carbocycles. The topological polar surface area (TPSA) is 131 Å². The Bertz CT molecular complexity index is 997. The molecule has 31 heavy (non-hydrogen) atoms. The van der Waals surface area contributed by atoms with E-state index in [9.17, 15) is 19.2 Å². The van der Waals surface area contributed by atoms with Gasteiger partial charge in [-0.1, -0.05) is 30.8 Å². The Morgan fingerprint density at radius 3 is 2.81 bits per heavy atom. The van der Waals surface area contributed by atoms with Gasteiger partial charge in [-0.3, -0.25) is 19.8 Å². The van der Waals surface area contributed by atoms with Crippen LogP contribution in [0.1, 0.15) is 32.6 Å². The van der Waals surface area contributed by atoms with E-state index in [2.05, 4.69) is 22.7 Å². The molecule has 2 heterocycles. The fraction of sp³-hybridized carbons (Fsp3) is 0.450. The third kappa shape index (κ3) is 4.50. The maximum absolute atomic E-state index is 12.7. The molecule has 4 amide bonds. The summed E-state index contributed by atoms with van der Waals surface area (Å²) in [6.45, 7) is 1.48. The van der Waals surface area contributed by atoms with Crippen molar-refractivity contribution in [1.82, 2.24) is 20.7 Å². The molecule has 1 spiro atoms. The van der Waals surface area contributed by atoms with E-state index in [4.69, 9.17) is 9.15 Å². The van der Waals surface area contributed by atoms with E-state index < -0.39 is 36.0 Å². The number of hydrogen-bond donors (Lipinski definition) is 2. The smallest absolute Gasteiger partial charge is 0.344 e. The second-order valence-electron chi connectivity index (χ2n) is 7.77. The molecule has 0 radical (unpaired) electrons. The van der Waals surface area contributed by atoms with Crippen molar-refractivity contribution < 1.29 is 28.3 Å². The van der Waals surface area contributed by atoms with E-state index in [1.165, 1.54) is 0 Å².